The molecule has 12 nitrogen and oxygen atoms in total. The van der Waals surface area contributed by atoms with E-state index in [-0.39, 0.29) is 31.4 Å². The summed E-state index contributed by atoms with van der Waals surface area (Å²) in [7, 11) is 0. The highest BCUT2D eigenvalue weighted by Gasteiger charge is 2.29. The molecule has 2 rings (SSSR count). The number of rotatable bonds is 14. The summed E-state index contributed by atoms with van der Waals surface area (Å²) in [5.41, 5.74) is 7.07. The summed E-state index contributed by atoms with van der Waals surface area (Å²) in [5, 5.41) is 34.6. The normalized spacial score (nSPS) is 13.0. The predicted molar refractivity (Wildman–Crippen MR) is 131 cm³/mol. The second-order valence-corrected chi connectivity index (χ2v) is 8.33. The maximum absolute atomic E-state index is 13.3. The minimum absolute atomic E-state index is 0.00232. The first kappa shape index (κ1) is 28.8. The molecule has 0 heterocycles. The molecule has 8 N–H and O–H groups in total. The zero-order valence-corrected chi connectivity index (χ0v) is 19.9. The van der Waals surface area contributed by atoms with Gasteiger partial charge in [-0.2, -0.15) is 0 Å². The van der Waals surface area contributed by atoms with Gasteiger partial charge < -0.3 is 37.0 Å². The van der Waals surface area contributed by atoms with E-state index < -0.39 is 54.3 Å². The van der Waals surface area contributed by atoms with Crippen LogP contribution in [0.3, 0.4) is 0 Å². The van der Waals surface area contributed by atoms with Crippen LogP contribution in [0.25, 0.3) is 0 Å². The van der Waals surface area contributed by atoms with Crippen molar-refractivity contribution < 1.29 is 39.3 Å². The lowest BCUT2D eigenvalue weighted by Gasteiger charge is -2.24. The van der Waals surface area contributed by atoms with Gasteiger partial charge in [0.25, 0.3) is 0 Å². The van der Waals surface area contributed by atoms with Crippen LogP contribution in [0, 0.1) is 0 Å². The van der Waals surface area contributed by atoms with Crippen molar-refractivity contribution in [3.63, 3.8) is 0 Å². The number of nitrogens with one attached hydrogen (secondary N) is 3. The van der Waals surface area contributed by atoms with Crippen molar-refractivity contribution in [2.45, 2.75) is 43.8 Å². The number of benzene rings is 2. The van der Waals surface area contributed by atoms with Crippen molar-refractivity contribution in [2.24, 2.45) is 5.73 Å². The van der Waals surface area contributed by atoms with E-state index in [0.29, 0.717) is 11.1 Å². The Morgan fingerprint density at radius 1 is 0.730 bits per heavy atom. The molecule has 198 valence electrons. The summed E-state index contributed by atoms with van der Waals surface area (Å²) in [6, 6.07) is 11.1. The Balaban J connectivity index is 2.23. The topological polar surface area (TPSA) is 208 Å². The van der Waals surface area contributed by atoms with E-state index in [1.807, 2.05) is 0 Å². The van der Waals surface area contributed by atoms with Crippen LogP contribution in [-0.4, -0.2) is 69.7 Å². The Labute approximate surface area is 212 Å². The molecule has 3 amide bonds. The maximum Gasteiger partial charge on any atom is 0.322 e. The molecule has 37 heavy (non-hydrogen) atoms. The smallest absolute Gasteiger partial charge is 0.322 e. The second kappa shape index (κ2) is 14.2. The number of nitrogens with two attached hydrogens (primary N) is 1. The lowest BCUT2D eigenvalue weighted by Crippen LogP contribution is -2.57. The molecular weight excluding hydrogens is 484 g/mol. The predicted octanol–water partition coefficient (Wildman–Crippen LogP) is -0.460. The molecule has 3 atom stereocenters. The van der Waals surface area contributed by atoms with Gasteiger partial charge in [0.15, 0.2) is 0 Å². The van der Waals surface area contributed by atoms with E-state index >= 15 is 0 Å². The number of carbonyl (C=O) groups excluding carboxylic acids is 3. The van der Waals surface area contributed by atoms with E-state index in [2.05, 4.69) is 16.0 Å². The molecule has 0 aliphatic carbocycles. The summed E-state index contributed by atoms with van der Waals surface area (Å²) < 4.78 is 0. The molecule has 0 saturated carbocycles. The van der Waals surface area contributed by atoms with Crippen LogP contribution in [0.15, 0.2) is 54.6 Å². The molecular formula is C25H30N4O8. The number of carbonyl (C=O) groups is 5. The Hall–Kier alpha value is -4.45. The molecule has 0 fully saturated rings. The summed E-state index contributed by atoms with van der Waals surface area (Å²) in [4.78, 5) is 60.3. The van der Waals surface area contributed by atoms with Crippen LogP contribution < -0.4 is 21.7 Å². The van der Waals surface area contributed by atoms with Gasteiger partial charge in [-0.25, -0.2) is 0 Å². The molecule has 0 aliphatic heterocycles. The van der Waals surface area contributed by atoms with Gasteiger partial charge in [0, 0.05) is 19.3 Å². The van der Waals surface area contributed by atoms with Gasteiger partial charge >= 0.3 is 11.9 Å². The number of phenols is 1. The largest absolute Gasteiger partial charge is 0.508 e. The fourth-order valence-electron chi connectivity index (χ4n) is 3.38. The number of aliphatic carboxylic acids is 2. The molecule has 12 heteroatoms. The Bertz CT molecular complexity index is 1090. The number of hydrogen-bond acceptors (Lipinski definition) is 7. The van der Waals surface area contributed by atoms with Crippen molar-refractivity contribution in [1.29, 1.82) is 0 Å². The summed E-state index contributed by atoms with van der Waals surface area (Å²) in [5.74, 6) is -4.60. The average Bonchev–Trinajstić information content (AvgIpc) is 2.86. The second-order valence-electron chi connectivity index (χ2n) is 8.33. The van der Waals surface area contributed by atoms with Crippen LogP contribution in [0.5, 0.6) is 5.75 Å². The highest BCUT2D eigenvalue weighted by atomic mass is 16.4. The number of phenolic OH excluding ortho intramolecular Hbond substituents is 1. The summed E-state index contributed by atoms with van der Waals surface area (Å²) in [6.07, 6.45) is -0.469. The van der Waals surface area contributed by atoms with Crippen molar-refractivity contribution >= 4 is 29.7 Å². The van der Waals surface area contributed by atoms with E-state index in [9.17, 15) is 29.1 Å². The Morgan fingerprint density at radius 3 is 1.84 bits per heavy atom. The lowest BCUT2D eigenvalue weighted by atomic mass is 10.0. The van der Waals surface area contributed by atoms with E-state index in [1.54, 1.807) is 42.5 Å². The van der Waals surface area contributed by atoms with Crippen molar-refractivity contribution in [3.8, 4) is 5.75 Å². The molecule has 2 aromatic carbocycles. The molecule has 0 aromatic heterocycles. The molecule has 0 saturated heterocycles. The van der Waals surface area contributed by atoms with Gasteiger partial charge in [0.1, 0.15) is 24.4 Å². The Morgan fingerprint density at radius 2 is 1.27 bits per heavy atom. The van der Waals surface area contributed by atoms with Crippen LogP contribution in [0.2, 0.25) is 0 Å². The molecule has 0 spiro atoms. The third kappa shape index (κ3) is 10.4. The molecule has 0 radical (unpaired) electrons. The number of aromatic hydroxyl groups is 1. The fourth-order valence-corrected chi connectivity index (χ4v) is 3.38. The van der Waals surface area contributed by atoms with Gasteiger partial charge in [0.2, 0.25) is 17.7 Å². The van der Waals surface area contributed by atoms with Crippen LogP contribution in [0.4, 0.5) is 0 Å². The lowest BCUT2D eigenvalue weighted by molar-refractivity contribution is -0.139. The minimum atomic E-state index is -1.26. The van der Waals surface area contributed by atoms with Crippen LogP contribution >= 0.6 is 0 Å². The van der Waals surface area contributed by atoms with E-state index in [4.69, 9.17) is 15.9 Å². The van der Waals surface area contributed by atoms with Crippen LogP contribution in [-0.2, 0) is 36.8 Å². The van der Waals surface area contributed by atoms with Crippen molar-refractivity contribution in [1.82, 2.24) is 16.0 Å². The van der Waals surface area contributed by atoms with Gasteiger partial charge in [-0.15, -0.1) is 0 Å². The standard InChI is InChI=1S/C25H30N4O8/c26-18(10-11-21(31)32)23(35)28-20(13-16-6-8-17(30)9-7-16)25(37)29-19(24(36)27-14-22(33)34)12-15-4-2-1-3-5-15/h1-9,18-20,30H,10-14,26H2,(H,27,36)(H,28,35)(H,29,37)(H,31,32)(H,33,34). The zero-order chi connectivity index (χ0) is 27.4. The first-order valence-electron chi connectivity index (χ1n) is 11.4. The van der Waals surface area contributed by atoms with E-state index in [0.717, 1.165) is 0 Å². The maximum atomic E-state index is 13.3. The SMILES string of the molecule is NC(CCC(=O)O)C(=O)NC(Cc1ccc(O)cc1)C(=O)NC(Cc1ccccc1)C(=O)NCC(=O)O. The molecule has 3 unspecified atom stereocenters. The van der Waals surface area contributed by atoms with Crippen molar-refractivity contribution in [2.75, 3.05) is 6.54 Å². The molecule has 2 aromatic rings. The number of carboxylic acid groups (broad SMARTS) is 2. The first-order valence-corrected chi connectivity index (χ1v) is 11.4. The highest BCUT2D eigenvalue weighted by Crippen LogP contribution is 2.12. The minimum Gasteiger partial charge on any atom is -0.508 e. The third-order valence-corrected chi connectivity index (χ3v) is 5.34. The van der Waals surface area contributed by atoms with Crippen molar-refractivity contribution in [3.05, 3.63) is 65.7 Å². The molecule has 0 bridgehead atoms. The van der Waals surface area contributed by atoms with Gasteiger partial charge in [0.05, 0.1) is 6.04 Å². The number of amides is 3. The quantitative estimate of drug-likeness (QED) is 0.174. The summed E-state index contributed by atoms with van der Waals surface area (Å²) >= 11 is 0. The fraction of sp³-hybridized carbons (Fsp3) is 0.320. The van der Waals surface area contributed by atoms with Gasteiger partial charge in [-0.1, -0.05) is 42.5 Å². The van der Waals surface area contributed by atoms with E-state index in [1.165, 1.54) is 12.1 Å². The molecule has 0 aliphatic rings. The third-order valence-electron chi connectivity index (χ3n) is 5.34. The Kier molecular flexibility index (Phi) is 11.0. The number of carboxylic acids is 2. The van der Waals surface area contributed by atoms with Gasteiger partial charge in [-0.05, 0) is 29.7 Å². The first-order chi connectivity index (χ1) is 17.5. The number of hydrogen-bond donors (Lipinski definition) is 7. The highest BCUT2D eigenvalue weighted by molar-refractivity contribution is 5.94. The van der Waals surface area contributed by atoms with Crippen LogP contribution in [0.1, 0.15) is 24.0 Å². The monoisotopic (exact) mass is 514 g/mol. The van der Waals surface area contributed by atoms with Gasteiger partial charge in [-0.3, -0.25) is 24.0 Å². The zero-order valence-electron chi connectivity index (χ0n) is 19.9. The average molecular weight is 515 g/mol. The summed E-state index contributed by atoms with van der Waals surface area (Å²) in [6.45, 7) is -0.647.